The van der Waals surface area contributed by atoms with E-state index in [4.69, 9.17) is 26.9 Å². The van der Waals surface area contributed by atoms with E-state index in [1.807, 2.05) is 0 Å². The second-order valence-corrected chi connectivity index (χ2v) is 5.19. The lowest BCUT2D eigenvalue weighted by Crippen LogP contribution is -1.98. The summed E-state index contributed by atoms with van der Waals surface area (Å²) in [5.74, 6) is 0.635. The van der Waals surface area contributed by atoms with Crippen molar-refractivity contribution >= 4 is 28.7 Å². The Hall–Kier alpha value is -3.62. The van der Waals surface area contributed by atoms with Gasteiger partial charge in [0.05, 0.1) is 16.7 Å². The molecule has 0 spiro atoms. The largest absolute Gasteiger partial charge is 0.457 e. The normalized spacial score (nSPS) is 9.44. The van der Waals surface area contributed by atoms with Crippen LogP contribution in [0, 0.1) is 39.7 Å². The maximum absolute atomic E-state index is 11.1. The number of hydrogen-bond donors (Lipinski definition) is 1. The minimum Gasteiger partial charge on any atom is -0.457 e. The summed E-state index contributed by atoms with van der Waals surface area (Å²) >= 11 is 5.95. The van der Waals surface area contributed by atoms with Crippen molar-refractivity contribution in [3.05, 3.63) is 57.1 Å². The van der Waals surface area contributed by atoms with Crippen molar-refractivity contribution in [3.8, 4) is 23.6 Å². The van der Waals surface area contributed by atoms with Gasteiger partial charge in [-0.2, -0.15) is 15.6 Å². The van der Waals surface area contributed by atoms with Crippen molar-refractivity contribution in [1.29, 1.82) is 10.5 Å². The molecule has 2 rings (SSSR count). The number of hydrogen-bond acceptors (Lipinski definition) is 7. The zero-order valence-corrected chi connectivity index (χ0v) is 13.6. The fourth-order valence-corrected chi connectivity index (χ4v) is 1.94. The predicted molar refractivity (Wildman–Crippen MR) is 91.6 cm³/mol. The molecule has 2 aromatic carbocycles. The van der Waals surface area contributed by atoms with Crippen LogP contribution in [-0.2, 0) is 0 Å². The first-order chi connectivity index (χ1) is 11.9. The number of nitriles is 2. The fourth-order valence-electron chi connectivity index (χ4n) is 1.82. The number of rotatable bonds is 5. The maximum Gasteiger partial charge on any atom is 0.275 e. The summed E-state index contributed by atoms with van der Waals surface area (Å²) in [5, 5.41) is 32.5. The molecule has 0 aromatic heterocycles. The van der Waals surface area contributed by atoms with E-state index >= 15 is 0 Å². The van der Waals surface area contributed by atoms with Crippen LogP contribution in [0.1, 0.15) is 5.56 Å². The highest BCUT2D eigenvalue weighted by Crippen LogP contribution is 2.31. The molecule has 124 valence electrons. The third-order valence-corrected chi connectivity index (χ3v) is 3.40. The van der Waals surface area contributed by atoms with E-state index in [-0.39, 0.29) is 17.1 Å². The van der Waals surface area contributed by atoms with Crippen LogP contribution in [0.4, 0.5) is 11.4 Å². The molecule has 25 heavy (non-hydrogen) atoms. The number of halogens is 1. The molecular weight excluding hydrogens is 346 g/mol. The van der Waals surface area contributed by atoms with E-state index in [2.05, 4.69) is 10.5 Å². The number of anilines is 1. The molecule has 0 fully saturated rings. The number of nitro benzene ring substituents is 1. The van der Waals surface area contributed by atoms with Gasteiger partial charge in [0.1, 0.15) is 23.6 Å². The van der Waals surface area contributed by atoms with Gasteiger partial charge in [-0.1, -0.05) is 11.6 Å². The molecule has 0 aliphatic heterocycles. The van der Waals surface area contributed by atoms with Gasteiger partial charge in [0.15, 0.2) is 0 Å². The van der Waals surface area contributed by atoms with Crippen molar-refractivity contribution < 1.29 is 9.66 Å². The highest BCUT2D eigenvalue weighted by molar-refractivity contribution is 6.31. The van der Waals surface area contributed by atoms with Crippen LogP contribution in [0.25, 0.3) is 0 Å². The summed E-state index contributed by atoms with van der Waals surface area (Å²) < 4.78 is 5.62. The molecule has 0 heterocycles. The van der Waals surface area contributed by atoms with Crippen LogP contribution in [0.2, 0.25) is 5.02 Å². The highest BCUT2D eigenvalue weighted by Gasteiger charge is 2.12. The number of nitro groups is 1. The molecule has 8 nitrogen and oxygen atoms in total. The highest BCUT2D eigenvalue weighted by atomic mass is 35.5. The molecule has 0 unspecified atom stereocenters. The number of ether oxygens (including phenoxy) is 1. The molecule has 0 radical (unpaired) electrons. The second kappa shape index (κ2) is 7.77. The topological polar surface area (TPSA) is 124 Å². The van der Waals surface area contributed by atoms with Gasteiger partial charge in [-0.05, 0) is 30.7 Å². The number of non-ortho nitro benzene ring substituents is 1. The van der Waals surface area contributed by atoms with Crippen LogP contribution < -0.4 is 10.2 Å². The van der Waals surface area contributed by atoms with Crippen molar-refractivity contribution in [1.82, 2.24) is 0 Å². The number of hydrazone groups is 1. The first-order valence-corrected chi connectivity index (χ1v) is 7.18. The SMILES string of the molecule is Cc1cc(Oc2cc(NN=C(C#N)C#N)cc([N+](=O)[O-])c2)ccc1Cl. The Bertz CT molecular complexity index is 928. The van der Waals surface area contributed by atoms with Crippen molar-refractivity contribution in [2.45, 2.75) is 6.92 Å². The average molecular weight is 356 g/mol. The maximum atomic E-state index is 11.1. The Morgan fingerprint density at radius 2 is 1.96 bits per heavy atom. The Balaban J connectivity index is 2.35. The van der Waals surface area contributed by atoms with E-state index in [1.165, 1.54) is 18.2 Å². The van der Waals surface area contributed by atoms with Crippen LogP contribution in [-0.4, -0.2) is 10.6 Å². The van der Waals surface area contributed by atoms with Gasteiger partial charge >= 0.3 is 0 Å². The van der Waals surface area contributed by atoms with E-state index < -0.39 is 10.6 Å². The molecule has 0 aliphatic rings. The van der Waals surface area contributed by atoms with Crippen LogP contribution in [0.15, 0.2) is 41.5 Å². The Kier molecular flexibility index (Phi) is 5.51. The number of benzene rings is 2. The molecule has 0 amide bonds. The summed E-state index contributed by atoms with van der Waals surface area (Å²) in [6.45, 7) is 1.80. The van der Waals surface area contributed by atoms with E-state index in [0.29, 0.717) is 10.8 Å². The quantitative estimate of drug-likeness (QED) is 0.487. The van der Waals surface area contributed by atoms with Gasteiger partial charge in [-0.15, -0.1) is 0 Å². The van der Waals surface area contributed by atoms with Crippen LogP contribution in [0.3, 0.4) is 0 Å². The first kappa shape index (κ1) is 17.7. The molecule has 0 saturated heterocycles. The molecular formula is C16H10ClN5O3. The van der Waals surface area contributed by atoms with Crippen molar-refractivity contribution in [3.63, 3.8) is 0 Å². The lowest BCUT2D eigenvalue weighted by Gasteiger charge is -2.09. The van der Waals surface area contributed by atoms with Gasteiger partial charge in [0.2, 0.25) is 5.71 Å². The molecule has 9 heteroatoms. The van der Waals surface area contributed by atoms with Crippen LogP contribution in [0.5, 0.6) is 11.5 Å². The third-order valence-electron chi connectivity index (χ3n) is 2.98. The third kappa shape index (κ3) is 4.67. The Morgan fingerprint density at radius 1 is 1.24 bits per heavy atom. The summed E-state index contributed by atoms with van der Waals surface area (Å²) in [4.78, 5) is 10.5. The van der Waals surface area contributed by atoms with Gasteiger partial charge in [0.25, 0.3) is 5.69 Å². The van der Waals surface area contributed by atoms with Gasteiger partial charge in [0, 0.05) is 17.2 Å². The molecule has 0 saturated carbocycles. The fraction of sp³-hybridized carbons (Fsp3) is 0.0625. The number of aryl methyl sites for hydroxylation is 1. The van der Waals surface area contributed by atoms with Gasteiger partial charge in [-0.3, -0.25) is 15.5 Å². The van der Waals surface area contributed by atoms with Gasteiger partial charge in [-0.25, -0.2) is 0 Å². The molecule has 0 bridgehead atoms. The Morgan fingerprint density at radius 3 is 2.56 bits per heavy atom. The summed E-state index contributed by atoms with van der Waals surface area (Å²) in [5.41, 5.74) is 2.76. The van der Waals surface area contributed by atoms with Gasteiger partial charge < -0.3 is 4.74 Å². The summed E-state index contributed by atoms with van der Waals surface area (Å²) in [6.07, 6.45) is 0. The smallest absolute Gasteiger partial charge is 0.275 e. The lowest BCUT2D eigenvalue weighted by atomic mass is 10.2. The lowest BCUT2D eigenvalue weighted by molar-refractivity contribution is -0.384. The minimum absolute atomic E-state index is 0.184. The average Bonchev–Trinajstić information content (AvgIpc) is 2.59. The predicted octanol–water partition coefficient (Wildman–Crippen LogP) is 4.16. The number of nitrogens with one attached hydrogen (secondary N) is 1. The standard InChI is InChI=1S/C16H10ClN5O3/c1-10-4-14(2-3-16(10)17)25-15-6-11(5-13(7-15)22(23)24)20-21-12(8-18)9-19/h2-7,20H,1H3. The van der Waals surface area contributed by atoms with E-state index in [0.717, 1.165) is 5.56 Å². The van der Waals surface area contributed by atoms with E-state index in [1.54, 1.807) is 37.3 Å². The molecule has 1 N–H and O–H groups in total. The minimum atomic E-state index is -0.593. The molecule has 0 aliphatic carbocycles. The monoisotopic (exact) mass is 355 g/mol. The number of nitrogens with zero attached hydrogens (tertiary/aromatic N) is 4. The second-order valence-electron chi connectivity index (χ2n) is 4.78. The zero-order chi connectivity index (χ0) is 18.4. The Labute approximate surface area is 147 Å². The van der Waals surface area contributed by atoms with Crippen molar-refractivity contribution in [2.24, 2.45) is 5.10 Å². The zero-order valence-electron chi connectivity index (χ0n) is 12.9. The molecule has 0 atom stereocenters. The summed E-state index contributed by atoms with van der Waals surface area (Å²) in [7, 11) is 0. The molecule has 2 aromatic rings. The van der Waals surface area contributed by atoms with Crippen molar-refractivity contribution in [2.75, 3.05) is 5.43 Å². The van der Waals surface area contributed by atoms with E-state index in [9.17, 15) is 10.1 Å². The first-order valence-electron chi connectivity index (χ1n) is 6.80. The van der Waals surface area contributed by atoms with Crippen LogP contribution >= 0.6 is 11.6 Å². The summed E-state index contributed by atoms with van der Waals surface area (Å²) in [6, 6.07) is 12.0.